The lowest BCUT2D eigenvalue weighted by atomic mass is 10.2. The Bertz CT molecular complexity index is 538. The highest BCUT2D eigenvalue weighted by molar-refractivity contribution is 6.39. The second-order valence-electron chi connectivity index (χ2n) is 5.05. The lowest BCUT2D eigenvalue weighted by Gasteiger charge is -2.18. The van der Waals surface area contributed by atoms with Crippen molar-refractivity contribution in [3.05, 3.63) is 28.2 Å². The molecule has 0 spiro atoms. The number of anilines is 1. The van der Waals surface area contributed by atoms with Gasteiger partial charge in [-0.3, -0.25) is 9.59 Å². The number of halogens is 2. The van der Waals surface area contributed by atoms with Crippen LogP contribution in [0.1, 0.15) is 20.3 Å². The van der Waals surface area contributed by atoms with Crippen LogP contribution in [-0.2, 0) is 9.59 Å². The highest BCUT2D eigenvalue weighted by Gasteiger charge is 2.49. The fourth-order valence-corrected chi connectivity index (χ4v) is 2.85. The number of carbonyl (C=O) groups excluding carboxylic acids is 2. The van der Waals surface area contributed by atoms with Gasteiger partial charge < -0.3 is 10.2 Å². The molecular formula is C15H18Cl2N2O2. The Morgan fingerprint density at radius 2 is 1.76 bits per heavy atom. The molecule has 0 saturated heterocycles. The second-order valence-corrected chi connectivity index (χ2v) is 5.86. The molecule has 1 aliphatic rings. The van der Waals surface area contributed by atoms with Crippen LogP contribution in [0.3, 0.4) is 0 Å². The van der Waals surface area contributed by atoms with Crippen molar-refractivity contribution < 1.29 is 9.59 Å². The lowest BCUT2D eigenvalue weighted by molar-refractivity contribution is -0.133. The second kappa shape index (κ2) is 6.67. The Morgan fingerprint density at radius 3 is 2.29 bits per heavy atom. The molecule has 21 heavy (non-hydrogen) atoms. The van der Waals surface area contributed by atoms with E-state index in [0.717, 1.165) is 0 Å². The van der Waals surface area contributed by atoms with Crippen molar-refractivity contribution in [1.82, 2.24) is 4.90 Å². The summed E-state index contributed by atoms with van der Waals surface area (Å²) >= 11 is 12.0. The molecule has 1 aromatic rings. The van der Waals surface area contributed by atoms with E-state index < -0.39 is 0 Å². The molecule has 6 heteroatoms. The quantitative estimate of drug-likeness (QED) is 0.900. The van der Waals surface area contributed by atoms with Crippen LogP contribution in [0.15, 0.2) is 18.2 Å². The van der Waals surface area contributed by atoms with Crippen LogP contribution in [0.25, 0.3) is 0 Å². The third-order valence-electron chi connectivity index (χ3n) is 3.73. The molecule has 1 aromatic carbocycles. The summed E-state index contributed by atoms with van der Waals surface area (Å²) in [5.41, 5.74) is 0.409. The van der Waals surface area contributed by atoms with Gasteiger partial charge in [0, 0.05) is 13.1 Å². The summed E-state index contributed by atoms with van der Waals surface area (Å²) in [4.78, 5) is 26.1. The molecule has 2 atom stereocenters. The van der Waals surface area contributed by atoms with E-state index in [1.807, 2.05) is 13.8 Å². The molecule has 0 heterocycles. The molecular weight excluding hydrogens is 311 g/mol. The molecule has 0 aliphatic heterocycles. The first-order valence-corrected chi connectivity index (χ1v) is 7.78. The fraction of sp³-hybridized carbons (Fsp3) is 0.467. The molecule has 1 aliphatic carbocycles. The summed E-state index contributed by atoms with van der Waals surface area (Å²) in [7, 11) is 0. The summed E-state index contributed by atoms with van der Waals surface area (Å²) in [5.74, 6) is -0.655. The van der Waals surface area contributed by atoms with Gasteiger partial charge in [0.2, 0.25) is 11.8 Å². The number of hydrogen-bond donors (Lipinski definition) is 1. The Hall–Kier alpha value is -1.26. The number of amides is 2. The number of hydrogen-bond acceptors (Lipinski definition) is 2. The third-order valence-corrected chi connectivity index (χ3v) is 4.36. The number of carbonyl (C=O) groups is 2. The fourth-order valence-electron chi connectivity index (χ4n) is 2.36. The van der Waals surface area contributed by atoms with Crippen LogP contribution >= 0.6 is 23.2 Å². The van der Waals surface area contributed by atoms with Crippen LogP contribution < -0.4 is 5.32 Å². The zero-order valence-electron chi connectivity index (χ0n) is 12.0. The van der Waals surface area contributed by atoms with E-state index in [1.54, 1.807) is 23.1 Å². The summed E-state index contributed by atoms with van der Waals surface area (Å²) < 4.78 is 0. The predicted octanol–water partition coefficient (Wildman–Crippen LogP) is 3.44. The van der Waals surface area contributed by atoms with Crippen LogP contribution in [-0.4, -0.2) is 29.8 Å². The van der Waals surface area contributed by atoms with Gasteiger partial charge in [0.25, 0.3) is 0 Å². The largest absolute Gasteiger partial charge is 0.343 e. The molecule has 2 unspecified atom stereocenters. The van der Waals surface area contributed by atoms with Gasteiger partial charge in [0.1, 0.15) is 0 Å². The highest BCUT2D eigenvalue weighted by Crippen LogP contribution is 2.41. The van der Waals surface area contributed by atoms with E-state index >= 15 is 0 Å². The molecule has 0 aromatic heterocycles. The molecule has 4 nitrogen and oxygen atoms in total. The Kier molecular flexibility index (Phi) is 5.12. The number of nitrogens with one attached hydrogen (secondary N) is 1. The first-order valence-electron chi connectivity index (χ1n) is 7.03. The number of benzene rings is 1. The monoisotopic (exact) mass is 328 g/mol. The molecule has 114 valence electrons. The van der Waals surface area contributed by atoms with Crippen LogP contribution in [0.2, 0.25) is 10.0 Å². The average Bonchev–Trinajstić information content (AvgIpc) is 3.24. The van der Waals surface area contributed by atoms with Crippen molar-refractivity contribution in [1.29, 1.82) is 0 Å². The van der Waals surface area contributed by atoms with Crippen molar-refractivity contribution in [3.63, 3.8) is 0 Å². The highest BCUT2D eigenvalue weighted by atomic mass is 35.5. The zero-order valence-corrected chi connectivity index (χ0v) is 13.5. The number of nitrogens with zero attached hydrogens (tertiary/aromatic N) is 1. The van der Waals surface area contributed by atoms with E-state index in [9.17, 15) is 9.59 Å². The Balaban J connectivity index is 1.99. The van der Waals surface area contributed by atoms with Crippen LogP contribution in [0.5, 0.6) is 0 Å². The Morgan fingerprint density at radius 1 is 1.19 bits per heavy atom. The minimum Gasteiger partial charge on any atom is -0.343 e. The van der Waals surface area contributed by atoms with Crippen LogP contribution in [0, 0.1) is 11.8 Å². The van der Waals surface area contributed by atoms with E-state index in [0.29, 0.717) is 35.2 Å². The summed E-state index contributed by atoms with van der Waals surface area (Å²) in [6.07, 6.45) is 0.587. The maximum Gasteiger partial charge on any atom is 0.228 e. The topological polar surface area (TPSA) is 49.4 Å². The zero-order chi connectivity index (χ0) is 15.6. The molecule has 1 fully saturated rings. The first kappa shape index (κ1) is 16.1. The molecule has 0 bridgehead atoms. The molecule has 2 amide bonds. The summed E-state index contributed by atoms with van der Waals surface area (Å²) in [6, 6.07) is 5.03. The standard InChI is InChI=1S/C15H18Cl2N2O2/c1-3-19(4-2)15(21)10-8-9(10)14(20)18-13-11(16)6-5-7-12(13)17/h5-7,9-10H,3-4,8H2,1-2H3,(H,18,20). The molecule has 0 radical (unpaired) electrons. The van der Waals surface area contributed by atoms with E-state index in [1.165, 1.54) is 0 Å². The van der Waals surface area contributed by atoms with E-state index in [2.05, 4.69) is 5.32 Å². The summed E-state index contributed by atoms with van der Waals surface area (Å²) in [6.45, 7) is 5.19. The van der Waals surface area contributed by atoms with Gasteiger partial charge in [-0.15, -0.1) is 0 Å². The average molecular weight is 329 g/mol. The maximum atomic E-state index is 12.2. The van der Waals surface area contributed by atoms with Gasteiger partial charge in [-0.2, -0.15) is 0 Å². The first-order chi connectivity index (χ1) is 9.99. The predicted molar refractivity (Wildman–Crippen MR) is 84.6 cm³/mol. The molecule has 1 N–H and O–H groups in total. The minimum absolute atomic E-state index is 0.0467. The van der Waals surface area contributed by atoms with Crippen molar-refractivity contribution in [3.8, 4) is 0 Å². The summed E-state index contributed by atoms with van der Waals surface area (Å²) in [5, 5.41) is 3.51. The minimum atomic E-state index is -0.287. The van der Waals surface area contributed by atoms with Crippen molar-refractivity contribution >= 4 is 40.7 Å². The van der Waals surface area contributed by atoms with Gasteiger partial charge in [-0.25, -0.2) is 0 Å². The molecule has 2 rings (SSSR count). The van der Waals surface area contributed by atoms with Gasteiger partial charge in [0.15, 0.2) is 0 Å². The Labute approximate surface area is 134 Å². The lowest BCUT2D eigenvalue weighted by Crippen LogP contribution is -2.33. The maximum absolute atomic E-state index is 12.2. The normalized spacial score (nSPS) is 20.0. The van der Waals surface area contributed by atoms with E-state index in [4.69, 9.17) is 23.2 Å². The van der Waals surface area contributed by atoms with Crippen molar-refractivity contribution in [2.24, 2.45) is 11.8 Å². The van der Waals surface area contributed by atoms with Gasteiger partial charge in [-0.05, 0) is 32.4 Å². The smallest absolute Gasteiger partial charge is 0.228 e. The van der Waals surface area contributed by atoms with Crippen molar-refractivity contribution in [2.45, 2.75) is 20.3 Å². The van der Waals surface area contributed by atoms with Gasteiger partial charge >= 0.3 is 0 Å². The van der Waals surface area contributed by atoms with Crippen molar-refractivity contribution in [2.75, 3.05) is 18.4 Å². The molecule has 1 saturated carbocycles. The SMILES string of the molecule is CCN(CC)C(=O)C1CC1C(=O)Nc1c(Cl)cccc1Cl. The van der Waals surface area contributed by atoms with E-state index in [-0.39, 0.29) is 23.7 Å². The number of rotatable bonds is 5. The van der Waals surface area contributed by atoms with Gasteiger partial charge in [0.05, 0.1) is 27.6 Å². The number of para-hydroxylation sites is 1. The third kappa shape index (κ3) is 3.50. The van der Waals surface area contributed by atoms with Gasteiger partial charge in [-0.1, -0.05) is 29.3 Å². The van der Waals surface area contributed by atoms with Crippen LogP contribution in [0.4, 0.5) is 5.69 Å².